The first-order valence-corrected chi connectivity index (χ1v) is 7.82. The molecular weight excluding hydrogens is 334 g/mol. The van der Waals surface area contributed by atoms with Crippen LogP contribution in [0.25, 0.3) is 11.4 Å². The van der Waals surface area contributed by atoms with Crippen LogP contribution >= 0.6 is 0 Å². The molecule has 3 rings (SSSR count). The molecule has 0 saturated carbocycles. The normalized spacial score (nSPS) is 10.5. The second-order valence-corrected chi connectivity index (χ2v) is 5.46. The molecular formula is C18H19N5O3. The molecule has 0 aliphatic carbocycles. The molecule has 0 aliphatic heterocycles. The summed E-state index contributed by atoms with van der Waals surface area (Å²) < 4.78 is 11.9. The second-order valence-electron chi connectivity index (χ2n) is 5.46. The van der Waals surface area contributed by atoms with Crippen molar-refractivity contribution in [1.29, 1.82) is 0 Å². The van der Waals surface area contributed by atoms with Crippen LogP contribution in [-0.4, -0.2) is 28.8 Å². The largest absolute Gasteiger partial charge is 0.493 e. The zero-order valence-electron chi connectivity index (χ0n) is 14.7. The van der Waals surface area contributed by atoms with Gasteiger partial charge in [-0.05, 0) is 30.3 Å². The highest BCUT2D eigenvalue weighted by atomic mass is 16.5. The fraction of sp³-hybridized carbons (Fsp3) is 0.167. The van der Waals surface area contributed by atoms with Crippen LogP contribution in [0.3, 0.4) is 0 Å². The van der Waals surface area contributed by atoms with Crippen molar-refractivity contribution in [2.75, 3.05) is 19.2 Å². The van der Waals surface area contributed by atoms with Gasteiger partial charge in [0.1, 0.15) is 5.82 Å². The number of benzene rings is 2. The first kappa shape index (κ1) is 17.4. The van der Waals surface area contributed by atoms with Gasteiger partial charge in [-0.15, -0.1) is 0 Å². The summed E-state index contributed by atoms with van der Waals surface area (Å²) in [5.74, 6) is 7.73. The molecule has 8 nitrogen and oxygen atoms in total. The Hall–Kier alpha value is -3.39. The minimum atomic E-state index is -0.467. The number of methoxy groups -OCH3 is 2. The van der Waals surface area contributed by atoms with E-state index in [1.807, 2.05) is 18.2 Å². The Bertz CT molecular complexity index is 972. The Kier molecular flexibility index (Phi) is 4.85. The molecule has 0 unspecified atom stereocenters. The Labute approximate surface area is 150 Å². The number of aromatic nitrogens is 3. The number of hydrazine groups is 1. The highest BCUT2D eigenvalue weighted by Gasteiger charge is 2.16. The summed E-state index contributed by atoms with van der Waals surface area (Å²) in [5, 5.41) is 1.27. The number of ether oxygens (including phenoxy) is 2. The zero-order valence-corrected chi connectivity index (χ0v) is 14.7. The number of para-hydroxylation sites is 1. The minimum absolute atomic E-state index is 0.101. The molecule has 0 saturated heterocycles. The predicted molar refractivity (Wildman–Crippen MR) is 98.6 cm³/mol. The Balaban J connectivity index is 2.11. The molecule has 1 aromatic heterocycles. The van der Waals surface area contributed by atoms with Crippen LogP contribution in [0.5, 0.6) is 11.5 Å². The topological polar surface area (TPSA) is 95.5 Å². The maximum absolute atomic E-state index is 12.3. The van der Waals surface area contributed by atoms with Crippen molar-refractivity contribution < 1.29 is 9.47 Å². The molecule has 0 spiro atoms. The van der Waals surface area contributed by atoms with E-state index in [1.165, 1.54) is 9.58 Å². The van der Waals surface area contributed by atoms with E-state index in [-0.39, 0.29) is 5.95 Å². The fourth-order valence-corrected chi connectivity index (χ4v) is 2.49. The van der Waals surface area contributed by atoms with Crippen molar-refractivity contribution in [2.45, 2.75) is 0 Å². The van der Waals surface area contributed by atoms with Crippen molar-refractivity contribution in [3.63, 3.8) is 0 Å². The lowest BCUT2D eigenvalue weighted by molar-refractivity contribution is 0.355. The predicted octanol–water partition coefficient (Wildman–Crippen LogP) is 1.87. The van der Waals surface area contributed by atoms with E-state index in [0.29, 0.717) is 28.6 Å². The first-order chi connectivity index (χ1) is 12.5. The summed E-state index contributed by atoms with van der Waals surface area (Å²) in [6.07, 6.45) is 0. The molecule has 0 amide bonds. The Morgan fingerprint density at radius 2 is 1.69 bits per heavy atom. The van der Waals surface area contributed by atoms with E-state index in [4.69, 9.17) is 15.3 Å². The molecule has 0 bridgehead atoms. The van der Waals surface area contributed by atoms with Gasteiger partial charge in [-0.2, -0.15) is 9.97 Å². The summed E-state index contributed by atoms with van der Waals surface area (Å²) >= 11 is 0. The van der Waals surface area contributed by atoms with Gasteiger partial charge in [-0.25, -0.2) is 15.6 Å². The van der Waals surface area contributed by atoms with Crippen molar-refractivity contribution in [2.24, 2.45) is 12.9 Å². The number of rotatable bonds is 5. The van der Waals surface area contributed by atoms with Gasteiger partial charge in [0.15, 0.2) is 11.5 Å². The highest BCUT2D eigenvalue weighted by molar-refractivity contribution is 5.63. The Morgan fingerprint density at radius 3 is 2.35 bits per heavy atom. The third kappa shape index (κ3) is 3.22. The third-order valence-electron chi connectivity index (χ3n) is 3.90. The van der Waals surface area contributed by atoms with E-state index in [9.17, 15) is 4.79 Å². The summed E-state index contributed by atoms with van der Waals surface area (Å²) in [6, 6.07) is 14.4. The van der Waals surface area contributed by atoms with Gasteiger partial charge in [-0.1, -0.05) is 18.2 Å². The van der Waals surface area contributed by atoms with Crippen LogP contribution in [0.1, 0.15) is 0 Å². The number of nitrogens with two attached hydrogens (primary N) is 1. The van der Waals surface area contributed by atoms with E-state index in [2.05, 4.69) is 9.97 Å². The van der Waals surface area contributed by atoms with E-state index in [0.717, 1.165) is 0 Å². The maximum Gasteiger partial charge on any atom is 0.352 e. The van der Waals surface area contributed by atoms with Gasteiger partial charge in [0.25, 0.3) is 5.95 Å². The van der Waals surface area contributed by atoms with Gasteiger partial charge < -0.3 is 9.47 Å². The summed E-state index contributed by atoms with van der Waals surface area (Å²) in [5.41, 5.74) is 0.873. The molecule has 0 radical (unpaired) electrons. The Morgan fingerprint density at radius 1 is 1.00 bits per heavy atom. The van der Waals surface area contributed by atoms with Crippen molar-refractivity contribution in [1.82, 2.24) is 14.5 Å². The van der Waals surface area contributed by atoms with Crippen molar-refractivity contribution >= 4 is 11.6 Å². The molecule has 2 N–H and O–H groups in total. The fourth-order valence-electron chi connectivity index (χ4n) is 2.49. The third-order valence-corrected chi connectivity index (χ3v) is 3.90. The highest BCUT2D eigenvalue weighted by Crippen LogP contribution is 2.31. The maximum atomic E-state index is 12.3. The van der Waals surface area contributed by atoms with Crippen LogP contribution in [0.4, 0.5) is 11.6 Å². The molecule has 0 fully saturated rings. The van der Waals surface area contributed by atoms with Crippen LogP contribution < -0.4 is 26.0 Å². The van der Waals surface area contributed by atoms with Crippen LogP contribution in [0.15, 0.2) is 53.3 Å². The van der Waals surface area contributed by atoms with Crippen LogP contribution in [-0.2, 0) is 7.05 Å². The summed E-state index contributed by atoms with van der Waals surface area (Å²) in [7, 11) is 4.70. The quantitative estimate of drug-likeness (QED) is 0.552. The second kappa shape index (κ2) is 7.24. The van der Waals surface area contributed by atoms with Gasteiger partial charge in [0.2, 0.25) is 0 Å². The SMILES string of the molecule is COc1ccc(-c2nc(N(N)c3ccccc3)nc(=O)n2C)cc1OC. The number of nitrogens with zero attached hydrogens (tertiary/aromatic N) is 4. The number of anilines is 2. The van der Waals surface area contributed by atoms with Crippen molar-refractivity contribution in [3.8, 4) is 22.9 Å². The number of hydrogen-bond donors (Lipinski definition) is 1. The van der Waals surface area contributed by atoms with Gasteiger partial charge in [0.05, 0.1) is 19.9 Å². The number of hydrogen-bond acceptors (Lipinski definition) is 7. The molecule has 8 heteroatoms. The summed E-state index contributed by atoms with van der Waals surface area (Å²) in [4.78, 5) is 20.7. The summed E-state index contributed by atoms with van der Waals surface area (Å²) in [6.45, 7) is 0. The lowest BCUT2D eigenvalue weighted by Crippen LogP contribution is -2.32. The lowest BCUT2D eigenvalue weighted by atomic mass is 10.2. The standard InChI is InChI=1S/C18H19N5O3/c1-22-16(12-9-10-14(25-2)15(11-12)26-3)20-17(21-18(22)24)23(19)13-7-5-4-6-8-13/h4-11H,19H2,1-3H3. The molecule has 3 aromatic rings. The van der Waals surface area contributed by atoms with E-state index < -0.39 is 5.69 Å². The van der Waals surface area contributed by atoms with Crippen molar-refractivity contribution in [3.05, 3.63) is 59.0 Å². The van der Waals surface area contributed by atoms with Crippen LogP contribution in [0.2, 0.25) is 0 Å². The molecule has 0 aliphatic rings. The molecule has 1 heterocycles. The molecule has 0 atom stereocenters. The molecule has 26 heavy (non-hydrogen) atoms. The average molecular weight is 353 g/mol. The molecule has 2 aromatic carbocycles. The van der Waals surface area contributed by atoms with Gasteiger partial charge >= 0.3 is 5.69 Å². The molecule has 134 valence electrons. The van der Waals surface area contributed by atoms with E-state index in [1.54, 1.807) is 51.6 Å². The zero-order chi connectivity index (χ0) is 18.7. The van der Waals surface area contributed by atoms with Gasteiger partial charge in [0, 0.05) is 12.6 Å². The van der Waals surface area contributed by atoms with Crippen LogP contribution in [0, 0.1) is 0 Å². The monoisotopic (exact) mass is 353 g/mol. The van der Waals surface area contributed by atoms with E-state index >= 15 is 0 Å². The first-order valence-electron chi connectivity index (χ1n) is 7.82. The average Bonchev–Trinajstić information content (AvgIpc) is 2.69. The van der Waals surface area contributed by atoms with Gasteiger partial charge in [-0.3, -0.25) is 4.57 Å². The minimum Gasteiger partial charge on any atom is -0.493 e. The lowest BCUT2D eigenvalue weighted by Gasteiger charge is -2.18. The smallest absolute Gasteiger partial charge is 0.352 e.